The normalized spacial score (nSPS) is 10.4. The summed E-state index contributed by atoms with van der Waals surface area (Å²) in [4.78, 5) is 37.0. The van der Waals surface area contributed by atoms with Gasteiger partial charge in [0.15, 0.2) is 11.2 Å². The topological polar surface area (TPSA) is 107 Å². The maximum Gasteiger partial charge on any atom is 0.323 e. The van der Waals surface area contributed by atoms with Gasteiger partial charge >= 0.3 is 6.03 Å². The summed E-state index contributed by atoms with van der Waals surface area (Å²) < 4.78 is 0. The first kappa shape index (κ1) is 10.1. The SMILES string of the molecule is CN(C)C(=O)Nc1nc2nc[nH]c2c(=O)[nH]1. The standard InChI is InChI=1S/C8H10N6O2/c1-14(2)8(16)13-7-11-5-4(6(15)12-7)9-3-10-5/h3H,1-2H3,(H3,9,10,11,12,13,15,16). The molecule has 0 saturated carbocycles. The number of nitrogens with one attached hydrogen (secondary N) is 3. The Hall–Kier alpha value is -2.38. The zero-order valence-electron chi connectivity index (χ0n) is 8.74. The van der Waals surface area contributed by atoms with E-state index in [2.05, 4.69) is 25.3 Å². The maximum atomic E-state index is 11.5. The van der Waals surface area contributed by atoms with Crippen molar-refractivity contribution in [3.05, 3.63) is 16.7 Å². The number of carbonyl (C=O) groups excluding carboxylic acids is 1. The lowest BCUT2D eigenvalue weighted by molar-refractivity contribution is 0.230. The monoisotopic (exact) mass is 222 g/mol. The third kappa shape index (κ3) is 1.72. The molecule has 0 aliphatic carbocycles. The molecule has 0 aliphatic rings. The summed E-state index contributed by atoms with van der Waals surface area (Å²) in [7, 11) is 3.17. The molecule has 0 saturated heterocycles. The number of hydrogen-bond donors (Lipinski definition) is 3. The highest BCUT2D eigenvalue weighted by molar-refractivity contribution is 5.87. The van der Waals surface area contributed by atoms with E-state index in [1.807, 2.05) is 0 Å². The Morgan fingerprint density at radius 2 is 2.25 bits per heavy atom. The lowest BCUT2D eigenvalue weighted by atomic mass is 10.5. The fourth-order valence-electron chi connectivity index (χ4n) is 1.12. The molecule has 0 bridgehead atoms. The molecule has 0 aliphatic heterocycles. The van der Waals surface area contributed by atoms with Gasteiger partial charge in [-0.25, -0.2) is 9.78 Å². The highest BCUT2D eigenvalue weighted by atomic mass is 16.2. The highest BCUT2D eigenvalue weighted by Gasteiger charge is 2.09. The van der Waals surface area contributed by atoms with Gasteiger partial charge < -0.3 is 9.88 Å². The molecule has 2 heterocycles. The number of hydrogen-bond acceptors (Lipinski definition) is 4. The van der Waals surface area contributed by atoms with Crippen molar-refractivity contribution in [3.8, 4) is 0 Å². The third-order valence-electron chi connectivity index (χ3n) is 1.93. The second-order valence-corrected chi connectivity index (χ2v) is 3.34. The molecule has 3 N–H and O–H groups in total. The molecule has 0 atom stereocenters. The first-order valence-corrected chi connectivity index (χ1v) is 4.49. The van der Waals surface area contributed by atoms with E-state index in [9.17, 15) is 9.59 Å². The largest absolute Gasteiger partial charge is 0.339 e. The smallest absolute Gasteiger partial charge is 0.323 e. The van der Waals surface area contributed by atoms with Gasteiger partial charge in [-0.2, -0.15) is 4.98 Å². The summed E-state index contributed by atoms with van der Waals surface area (Å²) in [6, 6.07) is -0.377. The number of urea groups is 1. The quantitative estimate of drug-likeness (QED) is 0.617. The predicted molar refractivity (Wildman–Crippen MR) is 57.2 cm³/mol. The average Bonchev–Trinajstić information content (AvgIpc) is 2.65. The van der Waals surface area contributed by atoms with Crippen molar-refractivity contribution in [2.75, 3.05) is 19.4 Å². The zero-order valence-corrected chi connectivity index (χ0v) is 8.74. The van der Waals surface area contributed by atoms with Gasteiger partial charge in [0.2, 0.25) is 5.95 Å². The number of aromatic nitrogens is 4. The number of nitrogens with zero attached hydrogens (tertiary/aromatic N) is 3. The van der Waals surface area contributed by atoms with Crippen LogP contribution in [0.4, 0.5) is 10.7 Å². The van der Waals surface area contributed by atoms with Crippen LogP contribution in [-0.4, -0.2) is 45.0 Å². The van der Waals surface area contributed by atoms with Crippen molar-refractivity contribution in [3.63, 3.8) is 0 Å². The number of rotatable bonds is 1. The molecule has 2 rings (SSSR count). The van der Waals surface area contributed by atoms with E-state index in [0.29, 0.717) is 0 Å². The van der Waals surface area contributed by atoms with Gasteiger partial charge in [-0.05, 0) is 0 Å². The number of imidazole rings is 1. The molecule has 2 amide bonds. The van der Waals surface area contributed by atoms with E-state index >= 15 is 0 Å². The molecular weight excluding hydrogens is 212 g/mol. The summed E-state index contributed by atoms with van der Waals surface area (Å²) in [6.07, 6.45) is 1.37. The summed E-state index contributed by atoms with van der Waals surface area (Å²) >= 11 is 0. The second-order valence-electron chi connectivity index (χ2n) is 3.34. The van der Waals surface area contributed by atoms with Crippen LogP contribution in [0.25, 0.3) is 11.2 Å². The summed E-state index contributed by atoms with van der Waals surface area (Å²) in [5.74, 6) is 0.0725. The first-order chi connectivity index (χ1) is 7.58. The number of H-pyrrole nitrogens is 2. The van der Waals surface area contributed by atoms with E-state index < -0.39 is 0 Å². The van der Waals surface area contributed by atoms with Gasteiger partial charge in [0.05, 0.1) is 6.33 Å². The van der Waals surface area contributed by atoms with Crippen molar-refractivity contribution in [1.29, 1.82) is 0 Å². The Balaban J connectivity index is 2.39. The van der Waals surface area contributed by atoms with E-state index in [4.69, 9.17) is 0 Å². The zero-order chi connectivity index (χ0) is 11.7. The molecular formula is C8H10N6O2. The summed E-state index contributed by atoms with van der Waals surface area (Å²) in [5.41, 5.74) is 0.164. The predicted octanol–water partition coefficient (Wildman–Crippen LogP) is -0.260. The van der Waals surface area contributed by atoms with Crippen LogP contribution in [0.3, 0.4) is 0 Å². The first-order valence-electron chi connectivity index (χ1n) is 4.49. The number of aromatic amines is 2. The molecule has 8 heteroatoms. The minimum Gasteiger partial charge on any atom is -0.339 e. The van der Waals surface area contributed by atoms with Gasteiger partial charge in [-0.15, -0.1) is 0 Å². The van der Waals surface area contributed by atoms with Crippen LogP contribution >= 0.6 is 0 Å². The van der Waals surface area contributed by atoms with Crippen LogP contribution in [0.2, 0.25) is 0 Å². The number of anilines is 1. The lowest BCUT2D eigenvalue weighted by Gasteiger charge is -2.10. The molecule has 8 nitrogen and oxygen atoms in total. The molecule has 0 radical (unpaired) electrons. The third-order valence-corrected chi connectivity index (χ3v) is 1.93. The Morgan fingerprint density at radius 3 is 2.94 bits per heavy atom. The number of amides is 2. The van der Waals surface area contributed by atoms with Crippen LogP contribution in [0.1, 0.15) is 0 Å². The molecule has 0 fully saturated rings. The fourth-order valence-corrected chi connectivity index (χ4v) is 1.12. The van der Waals surface area contributed by atoms with Crippen molar-refractivity contribution >= 4 is 23.1 Å². The van der Waals surface area contributed by atoms with Gasteiger partial charge in [-0.3, -0.25) is 15.1 Å². The van der Waals surface area contributed by atoms with Crippen LogP contribution in [0, 0.1) is 0 Å². The van der Waals surface area contributed by atoms with E-state index in [-0.39, 0.29) is 28.7 Å². The van der Waals surface area contributed by atoms with Crippen molar-refractivity contribution in [1.82, 2.24) is 24.8 Å². The van der Waals surface area contributed by atoms with Crippen LogP contribution in [-0.2, 0) is 0 Å². The minimum atomic E-state index is -0.378. The minimum absolute atomic E-state index is 0.0725. The van der Waals surface area contributed by atoms with Crippen molar-refractivity contribution in [2.24, 2.45) is 0 Å². The Morgan fingerprint density at radius 1 is 1.50 bits per heavy atom. The lowest BCUT2D eigenvalue weighted by Crippen LogP contribution is -2.29. The summed E-state index contributed by atoms with van der Waals surface area (Å²) in [5, 5.41) is 2.43. The number of carbonyl (C=O) groups is 1. The van der Waals surface area contributed by atoms with Crippen LogP contribution in [0.15, 0.2) is 11.1 Å². The van der Waals surface area contributed by atoms with E-state index in [1.165, 1.54) is 11.2 Å². The van der Waals surface area contributed by atoms with Gasteiger partial charge in [-0.1, -0.05) is 0 Å². The van der Waals surface area contributed by atoms with Crippen LogP contribution in [0.5, 0.6) is 0 Å². The average molecular weight is 222 g/mol. The fraction of sp³-hybridized carbons (Fsp3) is 0.250. The maximum absolute atomic E-state index is 11.5. The molecule has 0 aromatic carbocycles. The number of fused-ring (bicyclic) bond motifs is 1. The van der Waals surface area contributed by atoms with Crippen molar-refractivity contribution in [2.45, 2.75) is 0 Å². The Kier molecular flexibility index (Phi) is 2.31. The second kappa shape index (κ2) is 3.65. The molecule has 0 spiro atoms. The van der Waals surface area contributed by atoms with Crippen molar-refractivity contribution < 1.29 is 4.79 Å². The molecule has 2 aromatic rings. The molecule has 0 unspecified atom stereocenters. The molecule has 84 valence electrons. The summed E-state index contributed by atoms with van der Waals surface area (Å²) in [6.45, 7) is 0. The Labute approximate surface area is 89.7 Å². The van der Waals surface area contributed by atoms with Gasteiger partial charge in [0.1, 0.15) is 0 Å². The Bertz CT molecular complexity index is 583. The molecule has 16 heavy (non-hydrogen) atoms. The highest BCUT2D eigenvalue weighted by Crippen LogP contribution is 2.02. The van der Waals surface area contributed by atoms with Gasteiger partial charge in [0.25, 0.3) is 5.56 Å². The van der Waals surface area contributed by atoms with Gasteiger partial charge in [0, 0.05) is 14.1 Å². The molecule has 2 aromatic heterocycles. The van der Waals surface area contributed by atoms with E-state index in [0.717, 1.165) is 0 Å². The van der Waals surface area contributed by atoms with E-state index in [1.54, 1.807) is 14.1 Å². The van der Waals surface area contributed by atoms with Crippen LogP contribution < -0.4 is 10.9 Å².